The number of unbranched alkanes of at least 4 members (excludes halogenated alkanes) is 2. The normalized spacial score (nSPS) is 10.4. The maximum atomic E-state index is 10.3. The molecule has 0 bridgehead atoms. The molecule has 17 heavy (non-hydrogen) atoms. The molecule has 1 rings (SSSR count). The minimum atomic E-state index is 0.674. The Labute approximate surface area is 104 Å². The van der Waals surface area contributed by atoms with Gasteiger partial charge in [-0.15, -0.1) is 0 Å². The van der Waals surface area contributed by atoms with E-state index >= 15 is 0 Å². The van der Waals surface area contributed by atoms with E-state index in [0.29, 0.717) is 6.42 Å². The van der Waals surface area contributed by atoms with Crippen LogP contribution in [0.4, 0.5) is 0 Å². The average molecular weight is 234 g/mol. The smallest absolute Gasteiger partial charge is 0.124 e. The number of rotatable bonds is 6. The first-order valence-electron chi connectivity index (χ1n) is 6.19. The summed E-state index contributed by atoms with van der Waals surface area (Å²) in [5, 5.41) is 0. The third-order valence-electron chi connectivity index (χ3n) is 3.36. The fourth-order valence-corrected chi connectivity index (χ4v) is 2.26. The predicted octanol–water partition coefficient (Wildman–Crippen LogP) is 3.53. The van der Waals surface area contributed by atoms with Gasteiger partial charge in [-0.3, -0.25) is 0 Å². The van der Waals surface area contributed by atoms with Crippen LogP contribution < -0.4 is 4.74 Å². The van der Waals surface area contributed by atoms with Crippen LogP contribution in [0.5, 0.6) is 5.75 Å². The van der Waals surface area contributed by atoms with Gasteiger partial charge in [0.2, 0.25) is 0 Å². The number of carbonyl (C=O) groups excluding carboxylic acids is 1. The molecule has 0 aliphatic heterocycles. The lowest BCUT2D eigenvalue weighted by Crippen LogP contribution is -1.99. The second kappa shape index (κ2) is 6.43. The summed E-state index contributed by atoms with van der Waals surface area (Å²) < 4.78 is 5.41. The van der Waals surface area contributed by atoms with E-state index in [4.69, 9.17) is 4.74 Å². The van der Waals surface area contributed by atoms with Crippen molar-refractivity contribution in [3.63, 3.8) is 0 Å². The number of methoxy groups -OCH3 is 1. The number of aldehydes is 1. The van der Waals surface area contributed by atoms with Gasteiger partial charge in [-0.1, -0.05) is 6.07 Å². The maximum Gasteiger partial charge on any atom is 0.124 e. The van der Waals surface area contributed by atoms with E-state index in [-0.39, 0.29) is 0 Å². The van der Waals surface area contributed by atoms with Crippen LogP contribution in [0, 0.1) is 20.8 Å². The molecule has 0 fully saturated rings. The van der Waals surface area contributed by atoms with Gasteiger partial charge in [-0.2, -0.15) is 0 Å². The third kappa shape index (κ3) is 3.32. The fourth-order valence-electron chi connectivity index (χ4n) is 2.26. The molecule has 1 aromatic rings. The Morgan fingerprint density at radius 2 is 1.88 bits per heavy atom. The minimum Gasteiger partial charge on any atom is -0.496 e. The van der Waals surface area contributed by atoms with Crippen molar-refractivity contribution in [2.24, 2.45) is 0 Å². The molecule has 0 aromatic heterocycles. The number of benzene rings is 1. The summed E-state index contributed by atoms with van der Waals surface area (Å²) in [6.07, 6.45) is 4.77. The van der Waals surface area contributed by atoms with Gasteiger partial charge >= 0.3 is 0 Å². The van der Waals surface area contributed by atoms with Gasteiger partial charge in [-0.25, -0.2) is 0 Å². The quantitative estimate of drug-likeness (QED) is 0.556. The summed E-state index contributed by atoms with van der Waals surface area (Å²) in [7, 11) is 1.72. The van der Waals surface area contributed by atoms with E-state index in [9.17, 15) is 4.79 Å². The zero-order valence-electron chi connectivity index (χ0n) is 11.3. The van der Waals surface area contributed by atoms with Crippen molar-refractivity contribution < 1.29 is 9.53 Å². The highest BCUT2D eigenvalue weighted by Gasteiger charge is 2.10. The largest absolute Gasteiger partial charge is 0.496 e. The minimum absolute atomic E-state index is 0.674. The summed E-state index contributed by atoms with van der Waals surface area (Å²) in [4.78, 5) is 10.3. The van der Waals surface area contributed by atoms with Crippen molar-refractivity contribution in [2.45, 2.75) is 46.5 Å². The van der Waals surface area contributed by atoms with Gasteiger partial charge in [0.25, 0.3) is 0 Å². The molecule has 0 saturated carbocycles. The van der Waals surface area contributed by atoms with Gasteiger partial charge in [0.15, 0.2) is 0 Å². The first kappa shape index (κ1) is 13.8. The monoisotopic (exact) mass is 234 g/mol. The number of hydrogen-bond acceptors (Lipinski definition) is 2. The van der Waals surface area contributed by atoms with E-state index in [2.05, 4.69) is 26.8 Å². The molecule has 2 heteroatoms. The number of hydrogen-bond donors (Lipinski definition) is 0. The van der Waals surface area contributed by atoms with E-state index in [0.717, 1.165) is 31.3 Å². The van der Waals surface area contributed by atoms with Gasteiger partial charge in [0, 0.05) is 6.42 Å². The predicted molar refractivity (Wildman–Crippen MR) is 70.8 cm³/mol. The standard InChI is InChI=1S/C15H22O2/c1-11-10-14(8-6-5-7-9-16)12(2)13(3)15(11)17-4/h9-10H,5-8H2,1-4H3. The number of carbonyl (C=O) groups is 1. The molecule has 0 aliphatic rings. The lowest BCUT2D eigenvalue weighted by molar-refractivity contribution is -0.107. The van der Waals surface area contributed by atoms with Crippen LogP contribution in [0.1, 0.15) is 41.5 Å². The Morgan fingerprint density at radius 3 is 2.47 bits per heavy atom. The van der Waals surface area contributed by atoms with Crippen LogP contribution in [0.3, 0.4) is 0 Å². The first-order valence-corrected chi connectivity index (χ1v) is 6.19. The highest BCUT2D eigenvalue weighted by Crippen LogP contribution is 2.29. The number of aryl methyl sites for hydroxylation is 2. The molecule has 0 radical (unpaired) electrons. The maximum absolute atomic E-state index is 10.3. The highest BCUT2D eigenvalue weighted by atomic mass is 16.5. The van der Waals surface area contributed by atoms with Crippen molar-refractivity contribution in [1.29, 1.82) is 0 Å². The number of ether oxygens (including phenoxy) is 1. The molecule has 0 N–H and O–H groups in total. The van der Waals surface area contributed by atoms with Crippen LogP contribution in [-0.4, -0.2) is 13.4 Å². The molecular formula is C15H22O2. The molecule has 0 heterocycles. The van der Waals surface area contributed by atoms with Crippen molar-refractivity contribution in [3.8, 4) is 5.75 Å². The van der Waals surface area contributed by atoms with Crippen LogP contribution >= 0.6 is 0 Å². The average Bonchev–Trinajstić information content (AvgIpc) is 2.31. The Morgan fingerprint density at radius 1 is 1.18 bits per heavy atom. The highest BCUT2D eigenvalue weighted by molar-refractivity contribution is 5.50. The lowest BCUT2D eigenvalue weighted by atomic mass is 9.95. The molecule has 0 unspecified atom stereocenters. The van der Waals surface area contributed by atoms with Gasteiger partial charge in [-0.05, 0) is 62.3 Å². The van der Waals surface area contributed by atoms with E-state index in [1.54, 1.807) is 7.11 Å². The molecule has 0 atom stereocenters. The van der Waals surface area contributed by atoms with Crippen molar-refractivity contribution in [3.05, 3.63) is 28.3 Å². The van der Waals surface area contributed by atoms with E-state index < -0.39 is 0 Å². The Balaban J connectivity index is 2.83. The van der Waals surface area contributed by atoms with Crippen LogP contribution in [-0.2, 0) is 11.2 Å². The summed E-state index contributed by atoms with van der Waals surface area (Å²) in [6.45, 7) is 6.34. The lowest BCUT2D eigenvalue weighted by Gasteiger charge is -2.15. The third-order valence-corrected chi connectivity index (χ3v) is 3.36. The topological polar surface area (TPSA) is 26.3 Å². The molecule has 0 amide bonds. The Kier molecular flexibility index (Phi) is 5.20. The SMILES string of the molecule is COc1c(C)cc(CCCCC=O)c(C)c1C. The van der Waals surface area contributed by atoms with Crippen molar-refractivity contribution in [2.75, 3.05) is 7.11 Å². The molecule has 94 valence electrons. The molecule has 2 nitrogen and oxygen atoms in total. The van der Waals surface area contributed by atoms with Gasteiger partial charge in [0.1, 0.15) is 12.0 Å². The molecule has 0 spiro atoms. The van der Waals surface area contributed by atoms with E-state index in [1.807, 2.05) is 0 Å². The van der Waals surface area contributed by atoms with Gasteiger partial charge in [0.05, 0.1) is 7.11 Å². The molecule has 0 saturated heterocycles. The second-order valence-electron chi connectivity index (χ2n) is 4.55. The first-order chi connectivity index (χ1) is 8.11. The van der Waals surface area contributed by atoms with Crippen LogP contribution in [0.25, 0.3) is 0 Å². The van der Waals surface area contributed by atoms with E-state index in [1.165, 1.54) is 22.3 Å². The summed E-state index contributed by atoms with van der Waals surface area (Å²) in [5.41, 5.74) is 5.13. The molecule has 1 aromatic carbocycles. The zero-order valence-corrected chi connectivity index (χ0v) is 11.3. The summed E-state index contributed by atoms with van der Waals surface area (Å²) >= 11 is 0. The van der Waals surface area contributed by atoms with Crippen LogP contribution in [0.2, 0.25) is 0 Å². The second-order valence-corrected chi connectivity index (χ2v) is 4.55. The molecular weight excluding hydrogens is 212 g/mol. The fraction of sp³-hybridized carbons (Fsp3) is 0.533. The Hall–Kier alpha value is -1.31. The van der Waals surface area contributed by atoms with Crippen molar-refractivity contribution >= 4 is 6.29 Å². The molecule has 0 aliphatic carbocycles. The zero-order chi connectivity index (χ0) is 12.8. The summed E-state index contributed by atoms with van der Waals surface area (Å²) in [6, 6.07) is 2.21. The summed E-state index contributed by atoms with van der Waals surface area (Å²) in [5.74, 6) is 0.999. The Bertz CT molecular complexity index is 394. The van der Waals surface area contributed by atoms with Crippen LogP contribution in [0.15, 0.2) is 6.07 Å². The van der Waals surface area contributed by atoms with Gasteiger partial charge < -0.3 is 9.53 Å². The van der Waals surface area contributed by atoms with Crippen molar-refractivity contribution in [1.82, 2.24) is 0 Å².